The monoisotopic (exact) mass is 140 g/mol. The van der Waals surface area contributed by atoms with Crippen molar-refractivity contribution in [1.82, 2.24) is 4.98 Å². The number of hydrogen-bond donors (Lipinski definition) is 0. The zero-order valence-electron chi connectivity index (χ0n) is 4.66. The van der Waals surface area contributed by atoms with E-state index in [0.29, 0.717) is 0 Å². The highest BCUT2D eigenvalue weighted by atomic mass is 35.5. The van der Waals surface area contributed by atoms with E-state index in [4.69, 9.17) is 11.8 Å². The highest BCUT2D eigenvalue weighted by molar-refractivity contribution is 6.18. The summed E-state index contributed by atoms with van der Waals surface area (Å²) in [4.78, 5) is 3.82. The first kappa shape index (κ1) is 6.23. The molecular formula is C6H5ClN2. The molecule has 1 heterocycles. The molecule has 46 valence electrons. The second kappa shape index (κ2) is 3.20. The lowest BCUT2D eigenvalue weighted by atomic mass is 10.3. The minimum atomic E-state index is 0.958. The average molecular weight is 141 g/mol. The van der Waals surface area contributed by atoms with Gasteiger partial charge in [-0.25, -0.2) is 0 Å². The van der Waals surface area contributed by atoms with Crippen molar-refractivity contribution in [2.75, 3.05) is 0 Å². The molecule has 0 amide bonds. The summed E-state index contributed by atoms with van der Waals surface area (Å²) >= 11 is 5.09. The van der Waals surface area contributed by atoms with Crippen molar-refractivity contribution in [1.29, 1.82) is 0 Å². The Morgan fingerprint density at radius 2 is 2.11 bits per heavy atom. The van der Waals surface area contributed by atoms with Gasteiger partial charge in [0.25, 0.3) is 0 Å². The van der Waals surface area contributed by atoms with Crippen LogP contribution >= 0.6 is 11.8 Å². The van der Waals surface area contributed by atoms with Crippen LogP contribution in [-0.2, 0) is 0 Å². The normalized spacial score (nSPS) is 10.3. The van der Waals surface area contributed by atoms with Gasteiger partial charge in [-0.2, -0.15) is 4.51 Å². The molecule has 1 aromatic heterocycles. The summed E-state index contributed by atoms with van der Waals surface area (Å²) in [5.41, 5.74) is 0.958. The van der Waals surface area contributed by atoms with Gasteiger partial charge in [0.05, 0.1) is 0 Å². The third-order valence-corrected chi connectivity index (χ3v) is 1.00. The lowest BCUT2D eigenvalue weighted by Crippen LogP contribution is -1.77. The standard InChI is InChI=1S/C6H5ClN2/c7-9-5-6-1-3-8-4-2-6/h1-5H/b9-5+. The third kappa shape index (κ3) is 1.82. The quantitative estimate of drug-likeness (QED) is 0.545. The molecule has 9 heavy (non-hydrogen) atoms. The number of aromatic nitrogens is 1. The van der Waals surface area contributed by atoms with Gasteiger partial charge in [-0.15, -0.1) is 0 Å². The minimum Gasteiger partial charge on any atom is -0.265 e. The maximum absolute atomic E-state index is 5.09. The maximum Gasteiger partial charge on any atom is 0.0489 e. The Kier molecular flexibility index (Phi) is 2.22. The first-order chi connectivity index (χ1) is 4.43. The van der Waals surface area contributed by atoms with E-state index >= 15 is 0 Å². The van der Waals surface area contributed by atoms with Crippen molar-refractivity contribution in [3.8, 4) is 0 Å². The van der Waals surface area contributed by atoms with Crippen LogP contribution in [0.5, 0.6) is 0 Å². The van der Waals surface area contributed by atoms with E-state index in [9.17, 15) is 0 Å². The van der Waals surface area contributed by atoms with E-state index in [1.54, 1.807) is 18.6 Å². The highest BCUT2D eigenvalue weighted by Gasteiger charge is 1.80. The van der Waals surface area contributed by atoms with Crippen LogP contribution in [0.3, 0.4) is 0 Å². The summed E-state index contributed by atoms with van der Waals surface area (Å²) in [5, 5.41) is 0. The summed E-state index contributed by atoms with van der Waals surface area (Å²) in [6.07, 6.45) is 4.94. The third-order valence-electron chi connectivity index (χ3n) is 0.904. The molecule has 0 N–H and O–H groups in total. The first-order valence-corrected chi connectivity index (χ1v) is 2.81. The molecule has 0 unspecified atom stereocenters. The topological polar surface area (TPSA) is 25.2 Å². The fraction of sp³-hybridized carbons (Fsp3) is 0. The first-order valence-electron chi connectivity index (χ1n) is 2.48. The molecule has 0 saturated carbocycles. The fourth-order valence-corrected chi connectivity index (χ4v) is 0.619. The lowest BCUT2D eigenvalue weighted by Gasteiger charge is -1.84. The van der Waals surface area contributed by atoms with Crippen molar-refractivity contribution in [2.24, 2.45) is 4.51 Å². The number of rotatable bonds is 1. The van der Waals surface area contributed by atoms with E-state index in [-0.39, 0.29) is 0 Å². The minimum absolute atomic E-state index is 0.958. The molecule has 0 aliphatic carbocycles. The predicted molar refractivity (Wildman–Crippen MR) is 37.7 cm³/mol. The summed E-state index contributed by atoms with van der Waals surface area (Å²) in [7, 11) is 0. The van der Waals surface area contributed by atoms with Crippen LogP contribution in [-0.4, -0.2) is 11.2 Å². The van der Waals surface area contributed by atoms with Gasteiger partial charge in [0.1, 0.15) is 0 Å². The molecule has 3 heteroatoms. The molecule has 0 aromatic carbocycles. The van der Waals surface area contributed by atoms with Crippen LogP contribution in [0.2, 0.25) is 0 Å². The zero-order chi connectivity index (χ0) is 6.53. The Labute approximate surface area is 58.3 Å². The molecule has 0 saturated heterocycles. The molecule has 0 bridgehead atoms. The van der Waals surface area contributed by atoms with Gasteiger partial charge in [0, 0.05) is 30.4 Å². The zero-order valence-corrected chi connectivity index (χ0v) is 5.42. The summed E-state index contributed by atoms with van der Waals surface area (Å²) in [6, 6.07) is 3.65. The number of pyridine rings is 1. The molecule has 2 nitrogen and oxygen atoms in total. The van der Waals surface area contributed by atoms with Gasteiger partial charge in [0.2, 0.25) is 0 Å². The molecule has 0 fully saturated rings. The van der Waals surface area contributed by atoms with Crippen molar-refractivity contribution in [2.45, 2.75) is 0 Å². The van der Waals surface area contributed by atoms with Crippen molar-refractivity contribution in [3.63, 3.8) is 0 Å². The number of nitrogens with zero attached hydrogens (tertiary/aromatic N) is 2. The highest BCUT2D eigenvalue weighted by Crippen LogP contribution is 1.91. The van der Waals surface area contributed by atoms with Gasteiger partial charge in [0.15, 0.2) is 0 Å². The molecule has 0 atom stereocenters. The van der Waals surface area contributed by atoms with E-state index in [1.807, 2.05) is 12.1 Å². The molecular weight excluding hydrogens is 136 g/mol. The van der Waals surface area contributed by atoms with Crippen molar-refractivity contribution in [3.05, 3.63) is 30.1 Å². The Bertz CT molecular complexity index is 195. The van der Waals surface area contributed by atoms with Crippen LogP contribution in [0.25, 0.3) is 0 Å². The van der Waals surface area contributed by atoms with E-state index in [1.165, 1.54) is 0 Å². The maximum atomic E-state index is 5.09. The number of hydrogen-bond acceptors (Lipinski definition) is 2. The molecule has 0 aliphatic rings. The summed E-state index contributed by atoms with van der Waals surface area (Å²) in [5.74, 6) is 0. The van der Waals surface area contributed by atoms with E-state index in [2.05, 4.69) is 9.50 Å². The largest absolute Gasteiger partial charge is 0.265 e. The van der Waals surface area contributed by atoms with Gasteiger partial charge < -0.3 is 0 Å². The predicted octanol–water partition coefficient (Wildman–Crippen LogP) is 1.65. The van der Waals surface area contributed by atoms with E-state index < -0.39 is 0 Å². The summed E-state index contributed by atoms with van der Waals surface area (Å²) < 4.78 is 3.33. The van der Waals surface area contributed by atoms with Crippen LogP contribution in [0, 0.1) is 0 Å². The molecule has 1 aromatic rings. The molecule has 1 rings (SSSR count). The van der Waals surface area contributed by atoms with Gasteiger partial charge in [-0.05, 0) is 17.7 Å². The Morgan fingerprint density at radius 1 is 1.44 bits per heavy atom. The van der Waals surface area contributed by atoms with Crippen LogP contribution < -0.4 is 0 Å². The van der Waals surface area contributed by atoms with Gasteiger partial charge >= 0.3 is 0 Å². The van der Waals surface area contributed by atoms with Crippen LogP contribution in [0.15, 0.2) is 29.0 Å². The molecule has 0 aliphatic heterocycles. The second-order valence-electron chi connectivity index (χ2n) is 1.51. The van der Waals surface area contributed by atoms with E-state index in [0.717, 1.165) is 5.56 Å². The van der Waals surface area contributed by atoms with Crippen LogP contribution in [0.4, 0.5) is 0 Å². The van der Waals surface area contributed by atoms with Crippen molar-refractivity contribution < 1.29 is 0 Å². The SMILES string of the molecule is Cl/N=C/c1ccncc1. The number of halogens is 1. The fourth-order valence-electron chi connectivity index (χ4n) is 0.506. The Balaban J connectivity index is 2.85. The van der Waals surface area contributed by atoms with Crippen LogP contribution in [0.1, 0.15) is 5.56 Å². The smallest absolute Gasteiger partial charge is 0.0489 e. The van der Waals surface area contributed by atoms with Gasteiger partial charge in [-0.1, -0.05) is 0 Å². The molecule has 0 spiro atoms. The molecule has 0 radical (unpaired) electrons. The second-order valence-corrected chi connectivity index (χ2v) is 1.70. The van der Waals surface area contributed by atoms with Gasteiger partial charge in [-0.3, -0.25) is 4.98 Å². The average Bonchev–Trinajstić information content (AvgIpc) is 1.91. The Hall–Kier alpha value is -0.890. The van der Waals surface area contributed by atoms with Crippen molar-refractivity contribution >= 4 is 18.0 Å². The Morgan fingerprint density at radius 3 is 2.67 bits per heavy atom. The summed E-state index contributed by atoms with van der Waals surface area (Å²) in [6.45, 7) is 0. The lowest BCUT2D eigenvalue weighted by molar-refractivity contribution is 1.32.